The van der Waals surface area contributed by atoms with E-state index in [-0.39, 0.29) is 18.3 Å². The van der Waals surface area contributed by atoms with E-state index in [0.29, 0.717) is 28.1 Å². The van der Waals surface area contributed by atoms with Crippen molar-refractivity contribution in [3.05, 3.63) is 64.8 Å². The van der Waals surface area contributed by atoms with Gasteiger partial charge in [-0.1, -0.05) is 23.9 Å². The summed E-state index contributed by atoms with van der Waals surface area (Å²) in [6, 6.07) is 7.63. The molecule has 0 aliphatic rings. The van der Waals surface area contributed by atoms with Crippen molar-refractivity contribution in [2.75, 3.05) is 18.2 Å². The van der Waals surface area contributed by atoms with E-state index in [2.05, 4.69) is 28.2 Å². The second-order valence-corrected chi connectivity index (χ2v) is 8.76. The maximum absolute atomic E-state index is 12.4. The standard InChI is InChI=1S/C22H24N4O4S2/c1-5-7-26-18(12-30-16-10-14(2)9-15(3)11-16)24-25-22(26)32-13-19(27)23-20-17(6-8-31-20)21(28)29-4/h5-6,8-11H,1,7,12-13H2,2-4H3,(H,23,27). The van der Waals surface area contributed by atoms with Gasteiger partial charge in [-0.25, -0.2) is 4.79 Å². The van der Waals surface area contributed by atoms with E-state index >= 15 is 0 Å². The fraction of sp³-hybridized carbons (Fsp3) is 0.273. The molecule has 0 aliphatic carbocycles. The van der Waals surface area contributed by atoms with Crippen molar-refractivity contribution in [2.24, 2.45) is 0 Å². The lowest BCUT2D eigenvalue weighted by molar-refractivity contribution is -0.113. The van der Waals surface area contributed by atoms with Crippen LogP contribution in [0.25, 0.3) is 0 Å². The molecule has 0 spiro atoms. The smallest absolute Gasteiger partial charge is 0.340 e. The Labute approximate surface area is 194 Å². The van der Waals surface area contributed by atoms with Crippen LogP contribution in [0.5, 0.6) is 5.75 Å². The second-order valence-electron chi connectivity index (χ2n) is 6.90. The summed E-state index contributed by atoms with van der Waals surface area (Å²) in [6.45, 7) is 8.56. The van der Waals surface area contributed by atoms with Crippen LogP contribution in [0.15, 0.2) is 47.5 Å². The number of nitrogens with zero attached hydrogens (tertiary/aromatic N) is 3. The number of rotatable bonds is 10. The van der Waals surface area contributed by atoms with E-state index in [4.69, 9.17) is 9.47 Å². The Balaban J connectivity index is 1.63. The molecule has 0 unspecified atom stereocenters. The predicted molar refractivity (Wildman–Crippen MR) is 125 cm³/mol. The van der Waals surface area contributed by atoms with Crippen molar-refractivity contribution in [1.29, 1.82) is 0 Å². The average molecular weight is 473 g/mol. The van der Waals surface area contributed by atoms with Crippen molar-refractivity contribution in [2.45, 2.75) is 32.2 Å². The summed E-state index contributed by atoms with van der Waals surface area (Å²) in [5, 5.41) is 13.9. The van der Waals surface area contributed by atoms with E-state index in [1.54, 1.807) is 17.5 Å². The molecule has 3 aromatic rings. The van der Waals surface area contributed by atoms with Crippen LogP contribution >= 0.6 is 23.1 Å². The molecule has 1 N–H and O–H groups in total. The second kappa shape index (κ2) is 11.0. The summed E-state index contributed by atoms with van der Waals surface area (Å²) >= 11 is 2.51. The summed E-state index contributed by atoms with van der Waals surface area (Å²) in [5.41, 5.74) is 2.57. The summed E-state index contributed by atoms with van der Waals surface area (Å²) < 4.78 is 12.5. The molecule has 32 heavy (non-hydrogen) atoms. The first-order valence-electron chi connectivity index (χ1n) is 9.73. The highest BCUT2D eigenvalue weighted by molar-refractivity contribution is 7.99. The number of thioether (sulfide) groups is 1. The SMILES string of the molecule is C=CCn1c(COc2cc(C)cc(C)c2)nnc1SCC(=O)Nc1sccc1C(=O)OC. The summed E-state index contributed by atoms with van der Waals surface area (Å²) in [7, 11) is 1.30. The van der Waals surface area contributed by atoms with Crippen LogP contribution in [0.1, 0.15) is 27.3 Å². The third-order valence-electron chi connectivity index (χ3n) is 4.32. The van der Waals surface area contributed by atoms with Gasteiger partial charge in [0.1, 0.15) is 17.4 Å². The van der Waals surface area contributed by atoms with Gasteiger partial charge in [-0.3, -0.25) is 9.36 Å². The Morgan fingerprint density at radius 1 is 1.25 bits per heavy atom. The monoisotopic (exact) mass is 472 g/mol. The Morgan fingerprint density at radius 2 is 2.00 bits per heavy atom. The van der Waals surface area contributed by atoms with Crippen LogP contribution in [0.3, 0.4) is 0 Å². The third kappa shape index (κ3) is 5.98. The molecule has 3 rings (SSSR count). The first-order valence-corrected chi connectivity index (χ1v) is 11.6. The van der Waals surface area contributed by atoms with Crippen molar-refractivity contribution in [1.82, 2.24) is 14.8 Å². The molecule has 0 fully saturated rings. The normalized spacial score (nSPS) is 10.6. The predicted octanol–water partition coefficient (Wildman–Crippen LogP) is 4.24. The van der Waals surface area contributed by atoms with Gasteiger partial charge in [0.2, 0.25) is 5.91 Å². The van der Waals surface area contributed by atoms with Crippen molar-refractivity contribution in [3.8, 4) is 5.75 Å². The van der Waals surface area contributed by atoms with Gasteiger partial charge in [-0.05, 0) is 48.6 Å². The molecule has 0 bridgehead atoms. The van der Waals surface area contributed by atoms with Gasteiger partial charge in [0, 0.05) is 6.54 Å². The lowest BCUT2D eigenvalue weighted by Crippen LogP contribution is -2.16. The number of ether oxygens (including phenoxy) is 2. The Bertz CT molecular complexity index is 1100. The highest BCUT2D eigenvalue weighted by Gasteiger charge is 2.17. The number of anilines is 1. The highest BCUT2D eigenvalue weighted by atomic mass is 32.2. The Morgan fingerprint density at radius 3 is 2.69 bits per heavy atom. The zero-order chi connectivity index (χ0) is 23.1. The summed E-state index contributed by atoms with van der Waals surface area (Å²) in [4.78, 5) is 24.2. The highest BCUT2D eigenvalue weighted by Crippen LogP contribution is 2.25. The van der Waals surface area contributed by atoms with Crippen molar-refractivity contribution < 1.29 is 19.1 Å². The van der Waals surface area contributed by atoms with Crippen LogP contribution in [0, 0.1) is 13.8 Å². The maximum atomic E-state index is 12.4. The first kappa shape index (κ1) is 23.6. The van der Waals surface area contributed by atoms with Gasteiger partial charge in [0.05, 0.1) is 18.4 Å². The number of carbonyl (C=O) groups is 2. The number of allylic oxidation sites excluding steroid dienone is 1. The number of aryl methyl sites for hydroxylation is 2. The summed E-state index contributed by atoms with van der Waals surface area (Å²) in [5.74, 6) is 0.753. The number of amides is 1. The zero-order valence-electron chi connectivity index (χ0n) is 18.1. The van der Waals surface area contributed by atoms with Crippen LogP contribution in [-0.4, -0.2) is 39.5 Å². The van der Waals surface area contributed by atoms with Gasteiger partial charge in [0.25, 0.3) is 0 Å². The molecule has 2 heterocycles. The maximum Gasteiger partial charge on any atom is 0.340 e. The molecule has 0 atom stereocenters. The Kier molecular flexibility index (Phi) is 8.07. The summed E-state index contributed by atoms with van der Waals surface area (Å²) in [6.07, 6.45) is 1.74. The minimum atomic E-state index is -0.492. The molecular weight excluding hydrogens is 448 g/mol. The van der Waals surface area contributed by atoms with Crippen LogP contribution in [0.4, 0.5) is 5.00 Å². The molecule has 10 heteroatoms. The van der Waals surface area contributed by atoms with Gasteiger partial charge in [0.15, 0.2) is 11.0 Å². The molecule has 168 valence electrons. The topological polar surface area (TPSA) is 95.3 Å². The van der Waals surface area contributed by atoms with E-state index in [0.717, 1.165) is 16.9 Å². The van der Waals surface area contributed by atoms with Gasteiger partial charge < -0.3 is 14.8 Å². The fourth-order valence-electron chi connectivity index (χ4n) is 2.98. The number of aromatic nitrogens is 3. The van der Waals surface area contributed by atoms with E-state index < -0.39 is 5.97 Å². The molecular formula is C22H24N4O4S2. The lowest BCUT2D eigenvalue weighted by atomic mass is 10.1. The number of hydrogen-bond donors (Lipinski definition) is 1. The van der Waals surface area contributed by atoms with E-state index in [1.165, 1.54) is 30.2 Å². The zero-order valence-corrected chi connectivity index (χ0v) is 19.7. The van der Waals surface area contributed by atoms with Crippen LogP contribution in [0.2, 0.25) is 0 Å². The molecule has 0 aliphatic heterocycles. The largest absolute Gasteiger partial charge is 0.486 e. The number of esters is 1. The van der Waals surface area contributed by atoms with E-state index in [9.17, 15) is 9.59 Å². The minimum Gasteiger partial charge on any atom is -0.486 e. The molecule has 1 amide bonds. The van der Waals surface area contributed by atoms with E-state index in [1.807, 2.05) is 30.5 Å². The quantitative estimate of drug-likeness (QED) is 0.268. The Hall–Kier alpha value is -3.11. The van der Waals surface area contributed by atoms with Crippen molar-refractivity contribution >= 4 is 40.0 Å². The van der Waals surface area contributed by atoms with Crippen molar-refractivity contribution in [3.63, 3.8) is 0 Å². The fourth-order valence-corrected chi connectivity index (χ4v) is 4.54. The number of nitrogens with one attached hydrogen (secondary N) is 1. The molecule has 8 nitrogen and oxygen atoms in total. The number of carbonyl (C=O) groups excluding carboxylic acids is 2. The third-order valence-corrected chi connectivity index (χ3v) is 6.12. The van der Waals surface area contributed by atoms with Crippen LogP contribution in [-0.2, 0) is 22.7 Å². The average Bonchev–Trinajstić information content (AvgIpc) is 3.37. The number of benzene rings is 1. The number of hydrogen-bond acceptors (Lipinski definition) is 8. The van der Waals surface area contributed by atoms with Crippen LogP contribution < -0.4 is 10.1 Å². The van der Waals surface area contributed by atoms with Gasteiger partial charge in [-0.15, -0.1) is 28.1 Å². The molecule has 0 saturated carbocycles. The number of methoxy groups -OCH3 is 1. The minimum absolute atomic E-state index is 0.103. The van der Waals surface area contributed by atoms with Gasteiger partial charge >= 0.3 is 5.97 Å². The van der Waals surface area contributed by atoms with Gasteiger partial charge in [-0.2, -0.15) is 0 Å². The molecule has 2 aromatic heterocycles. The molecule has 1 aromatic carbocycles. The molecule has 0 radical (unpaired) electrons. The molecule has 0 saturated heterocycles. The first-order chi connectivity index (χ1) is 15.4. The number of thiophene rings is 1. The lowest BCUT2D eigenvalue weighted by Gasteiger charge is -2.10.